The Bertz CT molecular complexity index is 694. The number of nitrogens with one attached hydrogen (secondary N) is 2. The minimum atomic E-state index is -0.0227. The van der Waals surface area contributed by atoms with Gasteiger partial charge in [-0.25, -0.2) is 0 Å². The molecular formula is C18H25N5O2. The summed E-state index contributed by atoms with van der Waals surface area (Å²) in [6, 6.07) is 7.89. The van der Waals surface area contributed by atoms with E-state index in [0.717, 1.165) is 36.5 Å². The minimum Gasteiger partial charge on any atom is -0.383 e. The van der Waals surface area contributed by atoms with E-state index in [-0.39, 0.29) is 5.91 Å². The first-order valence-corrected chi connectivity index (χ1v) is 8.73. The maximum absolute atomic E-state index is 12.6. The average Bonchev–Trinajstić information content (AvgIpc) is 3.32. The van der Waals surface area contributed by atoms with Gasteiger partial charge in [0.2, 0.25) is 0 Å². The number of amides is 1. The third-order valence-electron chi connectivity index (χ3n) is 4.57. The topological polar surface area (TPSA) is 81.1 Å². The Labute approximate surface area is 147 Å². The van der Waals surface area contributed by atoms with Gasteiger partial charge in [0.1, 0.15) is 12.2 Å². The van der Waals surface area contributed by atoms with E-state index in [4.69, 9.17) is 4.74 Å². The summed E-state index contributed by atoms with van der Waals surface area (Å²) in [6.45, 7) is 3.80. The number of benzene rings is 1. The van der Waals surface area contributed by atoms with Gasteiger partial charge in [0.05, 0.1) is 6.61 Å². The summed E-state index contributed by atoms with van der Waals surface area (Å²) in [7, 11) is 1.67. The van der Waals surface area contributed by atoms with E-state index in [1.807, 2.05) is 22.8 Å². The standard InChI is InChI=1S/C18H25N5O2/c1-25-11-10-23-13-21-22-17(23)7-9-20-18(24)16-5-3-2-4-15(16)14-6-8-19-12-14/h2-5,13-14,19H,6-12H2,1H3,(H,20,24)/t14-/m1/s1. The smallest absolute Gasteiger partial charge is 0.251 e. The molecule has 7 nitrogen and oxygen atoms in total. The second kappa shape index (κ2) is 8.73. The first-order valence-electron chi connectivity index (χ1n) is 8.73. The minimum absolute atomic E-state index is 0.0227. The summed E-state index contributed by atoms with van der Waals surface area (Å²) in [5, 5.41) is 14.4. The van der Waals surface area contributed by atoms with Crippen molar-refractivity contribution in [1.82, 2.24) is 25.4 Å². The van der Waals surface area contributed by atoms with Crippen LogP contribution in [0.1, 0.15) is 34.1 Å². The third kappa shape index (κ3) is 4.43. The molecule has 1 saturated heterocycles. The van der Waals surface area contributed by atoms with Crippen LogP contribution < -0.4 is 10.6 Å². The Morgan fingerprint density at radius 1 is 1.44 bits per heavy atom. The fraction of sp³-hybridized carbons (Fsp3) is 0.500. The molecule has 0 radical (unpaired) electrons. The molecule has 2 N–H and O–H groups in total. The molecule has 25 heavy (non-hydrogen) atoms. The van der Waals surface area contributed by atoms with Crippen LogP contribution >= 0.6 is 0 Å². The molecule has 134 valence electrons. The van der Waals surface area contributed by atoms with E-state index in [2.05, 4.69) is 26.9 Å². The van der Waals surface area contributed by atoms with Crippen molar-refractivity contribution in [2.75, 3.05) is 33.4 Å². The number of nitrogens with zero attached hydrogens (tertiary/aromatic N) is 3. The van der Waals surface area contributed by atoms with Gasteiger partial charge in [-0.1, -0.05) is 18.2 Å². The lowest BCUT2D eigenvalue weighted by Crippen LogP contribution is -2.28. The Morgan fingerprint density at radius 2 is 2.32 bits per heavy atom. The van der Waals surface area contributed by atoms with E-state index < -0.39 is 0 Å². The van der Waals surface area contributed by atoms with E-state index in [1.54, 1.807) is 13.4 Å². The van der Waals surface area contributed by atoms with Crippen LogP contribution in [0.3, 0.4) is 0 Å². The molecule has 0 saturated carbocycles. The van der Waals surface area contributed by atoms with Crippen LogP contribution in [-0.2, 0) is 17.7 Å². The molecule has 3 rings (SSSR count). The van der Waals surface area contributed by atoms with Crippen LogP contribution in [0, 0.1) is 0 Å². The summed E-state index contributed by atoms with van der Waals surface area (Å²) < 4.78 is 7.03. The lowest BCUT2D eigenvalue weighted by Gasteiger charge is -2.14. The van der Waals surface area contributed by atoms with Crippen LogP contribution in [0.15, 0.2) is 30.6 Å². The van der Waals surface area contributed by atoms with E-state index >= 15 is 0 Å². The second-order valence-corrected chi connectivity index (χ2v) is 6.22. The predicted octanol–water partition coefficient (Wildman–Crippen LogP) is 0.974. The Morgan fingerprint density at radius 3 is 3.12 bits per heavy atom. The summed E-state index contributed by atoms with van der Waals surface area (Å²) in [6.07, 6.45) is 3.41. The summed E-state index contributed by atoms with van der Waals surface area (Å²) in [4.78, 5) is 12.6. The van der Waals surface area contributed by atoms with Gasteiger partial charge < -0.3 is 19.9 Å². The number of hydrogen-bond acceptors (Lipinski definition) is 5. The summed E-state index contributed by atoms with van der Waals surface area (Å²) in [5.74, 6) is 1.25. The highest BCUT2D eigenvalue weighted by Crippen LogP contribution is 2.25. The van der Waals surface area contributed by atoms with Gasteiger partial charge in [0.25, 0.3) is 5.91 Å². The predicted molar refractivity (Wildman–Crippen MR) is 94.6 cm³/mol. The number of methoxy groups -OCH3 is 1. The lowest BCUT2D eigenvalue weighted by molar-refractivity contribution is 0.0952. The Balaban J connectivity index is 1.57. The number of rotatable bonds is 8. The van der Waals surface area contributed by atoms with Gasteiger partial charge in [-0.3, -0.25) is 4.79 Å². The zero-order chi connectivity index (χ0) is 17.5. The molecule has 1 aromatic heterocycles. The van der Waals surface area contributed by atoms with Gasteiger partial charge in [0.15, 0.2) is 0 Å². The Kier molecular flexibility index (Phi) is 6.14. The highest BCUT2D eigenvalue weighted by atomic mass is 16.5. The van der Waals surface area contributed by atoms with Crippen molar-refractivity contribution in [2.45, 2.75) is 25.3 Å². The molecule has 0 aliphatic carbocycles. The summed E-state index contributed by atoms with van der Waals surface area (Å²) in [5.41, 5.74) is 1.91. The molecule has 7 heteroatoms. The summed E-state index contributed by atoms with van der Waals surface area (Å²) >= 11 is 0. The third-order valence-corrected chi connectivity index (χ3v) is 4.57. The molecule has 1 aliphatic rings. The van der Waals surface area contributed by atoms with E-state index in [1.165, 1.54) is 0 Å². The zero-order valence-electron chi connectivity index (χ0n) is 14.6. The van der Waals surface area contributed by atoms with Crippen LogP contribution in [0.4, 0.5) is 0 Å². The molecule has 0 unspecified atom stereocenters. The number of hydrogen-bond donors (Lipinski definition) is 2. The molecule has 1 atom stereocenters. The zero-order valence-corrected chi connectivity index (χ0v) is 14.6. The molecule has 2 aromatic rings. The van der Waals surface area contributed by atoms with Crippen molar-refractivity contribution in [3.63, 3.8) is 0 Å². The number of ether oxygens (including phenoxy) is 1. The first kappa shape index (κ1) is 17.6. The monoisotopic (exact) mass is 343 g/mol. The maximum atomic E-state index is 12.6. The van der Waals surface area contributed by atoms with Crippen molar-refractivity contribution in [1.29, 1.82) is 0 Å². The quantitative estimate of drug-likeness (QED) is 0.747. The van der Waals surface area contributed by atoms with Gasteiger partial charge in [-0.2, -0.15) is 0 Å². The molecule has 0 bridgehead atoms. The fourth-order valence-corrected chi connectivity index (χ4v) is 3.21. The molecule has 1 aromatic carbocycles. The van der Waals surface area contributed by atoms with Crippen molar-refractivity contribution in [3.8, 4) is 0 Å². The highest BCUT2D eigenvalue weighted by molar-refractivity contribution is 5.95. The number of carbonyl (C=O) groups is 1. The van der Waals surface area contributed by atoms with Crippen molar-refractivity contribution in [2.24, 2.45) is 0 Å². The van der Waals surface area contributed by atoms with Gasteiger partial charge >= 0.3 is 0 Å². The SMILES string of the molecule is COCCn1cnnc1CCNC(=O)c1ccccc1[C@@H]1CCNC1. The van der Waals surface area contributed by atoms with Crippen molar-refractivity contribution >= 4 is 5.91 Å². The second-order valence-electron chi connectivity index (χ2n) is 6.22. The fourth-order valence-electron chi connectivity index (χ4n) is 3.21. The van der Waals surface area contributed by atoms with Crippen LogP contribution in [0.2, 0.25) is 0 Å². The van der Waals surface area contributed by atoms with Gasteiger partial charge in [-0.15, -0.1) is 10.2 Å². The van der Waals surface area contributed by atoms with Crippen molar-refractivity contribution < 1.29 is 9.53 Å². The van der Waals surface area contributed by atoms with Crippen LogP contribution in [-0.4, -0.2) is 54.0 Å². The molecule has 2 heterocycles. The first-order chi connectivity index (χ1) is 12.3. The molecule has 1 fully saturated rings. The van der Waals surface area contributed by atoms with Crippen molar-refractivity contribution in [3.05, 3.63) is 47.5 Å². The maximum Gasteiger partial charge on any atom is 0.251 e. The molecule has 1 aliphatic heterocycles. The van der Waals surface area contributed by atoms with Gasteiger partial charge in [0, 0.05) is 38.7 Å². The van der Waals surface area contributed by atoms with Gasteiger partial charge in [-0.05, 0) is 30.5 Å². The number of carbonyl (C=O) groups excluding carboxylic acids is 1. The van der Waals surface area contributed by atoms with E-state index in [0.29, 0.717) is 32.0 Å². The number of aromatic nitrogens is 3. The van der Waals surface area contributed by atoms with Crippen LogP contribution in [0.25, 0.3) is 0 Å². The Hall–Kier alpha value is -2.25. The lowest BCUT2D eigenvalue weighted by atomic mass is 9.93. The largest absolute Gasteiger partial charge is 0.383 e. The average molecular weight is 343 g/mol. The molecular weight excluding hydrogens is 318 g/mol. The van der Waals surface area contributed by atoms with Crippen LogP contribution in [0.5, 0.6) is 0 Å². The molecule has 1 amide bonds. The van der Waals surface area contributed by atoms with E-state index in [9.17, 15) is 4.79 Å². The highest BCUT2D eigenvalue weighted by Gasteiger charge is 2.21. The normalized spacial score (nSPS) is 16.9. The molecule has 0 spiro atoms.